The molecule has 0 radical (unpaired) electrons. The van der Waals surface area contributed by atoms with E-state index >= 15 is 0 Å². The van der Waals surface area contributed by atoms with Crippen LogP contribution in [-0.4, -0.2) is 6.61 Å². The van der Waals surface area contributed by atoms with Crippen LogP contribution in [0.5, 0.6) is 5.75 Å². The predicted molar refractivity (Wildman–Crippen MR) is 101 cm³/mol. The topological polar surface area (TPSA) is 9.23 Å². The third-order valence-corrected chi connectivity index (χ3v) is 5.04. The van der Waals surface area contributed by atoms with Crippen molar-refractivity contribution in [2.75, 3.05) is 6.61 Å². The Hall–Kier alpha value is -0.930. The highest BCUT2D eigenvalue weighted by Crippen LogP contribution is 2.23. The molecule has 0 spiro atoms. The lowest BCUT2D eigenvalue weighted by molar-refractivity contribution is 0.308. The Labute approximate surface area is 147 Å². The number of benzene rings is 2. The van der Waals surface area contributed by atoms with Gasteiger partial charge in [-0.1, -0.05) is 28.1 Å². The van der Waals surface area contributed by atoms with E-state index in [1.54, 1.807) is 0 Å². The van der Waals surface area contributed by atoms with E-state index in [9.17, 15) is 0 Å². The summed E-state index contributed by atoms with van der Waals surface area (Å²) in [6.07, 6.45) is 2.08. The zero-order valence-electron chi connectivity index (χ0n) is 13.4. The molecule has 2 rings (SSSR count). The van der Waals surface area contributed by atoms with Crippen molar-refractivity contribution in [1.82, 2.24) is 0 Å². The van der Waals surface area contributed by atoms with E-state index in [-0.39, 0.29) is 0 Å². The molecule has 0 bridgehead atoms. The van der Waals surface area contributed by atoms with E-state index < -0.39 is 0 Å². The lowest BCUT2D eigenvalue weighted by atomic mass is 9.96. The van der Waals surface area contributed by atoms with Crippen LogP contribution in [0.15, 0.2) is 35.2 Å². The first-order chi connectivity index (χ1) is 10.5. The third-order valence-electron chi connectivity index (χ3n) is 4.16. The number of hydrogen-bond donors (Lipinski definition) is 1. The van der Waals surface area contributed by atoms with Gasteiger partial charge >= 0.3 is 0 Å². The summed E-state index contributed by atoms with van der Waals surface area (Å²) in [6.45, 7) is 7.22. The summed E-state index contributed by atoms with van der Waals surface area (Å²) in [6, 6.07) is 10.5. The Morgan fingerprint density at radius 2 is 1.68 bits per heavy atom. The van der Waals surface area contributed by atoms with E-state index in [0.29, 0.717) is 0 Å². The molecule has 0 heterocycles. The molecule has 118 valence electrons. The van der Waals surface area contributed by atoms with Crippen LogP contribution < -0.4 is 4.74 Å². The van der Waals surface area contributed by atoms with Gasteiger partial charge in [-0.2, -0.15) is 0 Å². The minimum absolute atomic E-state index is 0.742. The van der Waals surface area contributed by atoms with Crippen molar-refractivity contribution in [2.45, 2.75) is 43.8 Å². The van der Waals surface area contributed by atoms with Crippen molar-refractivity contribution in [2.24, 2.45) is 0 Å². The molecule has 0 fully saturated rings. The first-order valence-electron chi connectivity index (χ1n) is 7.59. The average molecular weight is 379 g/mol. The highest BCUT2D eigenvalue weighted by atomic mass is 79.9. The second kappa shape index (κ2) is 8.07. The van der Waals surface area contributed by atoms with Gasteiger partial charge in [-0.15, -0.1) is 12.6 Å². The summed E-state index contributed by atoms with van der Waals surface area (Å²) < 4.78 is 5.89. The van der Waals surface area contributed by atoms with E-state index in [2.05, 4.69) is 61.5 Å². The molecule has 0 atom stereocenters. The molecule has 0 saturated carbocycles. The van der Waals surface area contributed by atoms with Crippen LogP contribution in [0.1, 0.15) is 34.2 Å². The molecule has 2 aromatic carbocycles. The maximum absolute atomic E-state index is 5.89. The van der Waals surface area contributed by atoms with Crippen LogP contribution in [0.3, 0.4) is 0 Å². The number of rotatable bonds is 6. The Morgan fingerprint density at radius 1 is 1.00 bits per heavy atom. The van der Waals surface area contributed by atoms with Gasteiger partial charge in [-0.25, -0.2) is 0 Å². The molecule has 0 aliphatic heterocycles. The second-order valence-electron chi connectivity index (χ2n) is 5.67. The molecule has 3 heteroatoms. The molecule has 0 aliphatic carbocycles. The van der Waals surface area contributed by atoms with Crippen molar-refractivity contribution >= 4 is 28.6 Å². The molecule has 0 saturated heterocycles. The van der Waals surface area contributed by atoms with Gasteiger partial charge in [-0.05, 0) is 79.6 Å². The lowest BCUT2D eigenvalue weighted by Gasteiger charge is -2.13. The Kier molecular flexibility index (Phi) is 6.39. The number of aryl methyl sites for hydroxylation is 2. The highest BCUT2D eigenvalue weighted by molar-refractivity contribution is 9.08. The first kappa shape index (κ1) is 17.4. The van der Waals surface area contributed by atoms with Gasteiger partial charge in [0.05, 0.1) is 6.61 Å². The van der Waals surface area contributed by atoms with Crippen LogP contribution in [0.2, 0.25) is 0 Å². The van der Waals surface area contributed by atoms with Crippen molar-refractivity contribution in [3.05, 3.63) is 58.1 Å². The number of halogens is 1. The van der Waals surface area contributed by atoms with Crippen LogP contribution >= 0.6 is 28.6 Å². The van der Waals surface area contributed by atoms with E-state index in [0.717, 1.165) is 41.0 Å². The monoisotopic (exact) mass is 378 g/mol. The minimum Gasteiger partial charge on any atom is -0.493 e. The van der Waals surface area contributed by atoms with E-state index in [1.165, 1.54) is 22.3 Å². The van der Waals surface area contributed by atoms with Gasteiger partial charge in [-0.3, -0.25) is 0 Å². The van der Waals surface area contributed by atoms with Gasteiger partial charge in [0.25, 0.3) is 0 Å². The number of thiol groups is 1. The molecule has 1 nitrogen and oxygen atoms in total. The number of ether oxygens (including phenoxy) is 1. The van der Waals surface area contributed by atoms with Crippen LogP contribution in [0.4, 0.5) is 0 Å². The normalized spacial score (nSPS) is 10.8. The SMILES string of the molecule is Cc1cc(S)ccc1OCCCc1ccc(CBr)c(C)c1C. The molecule has 0 amide bonds. The second-order valence-corrected chi connectivity index (χ2v) is 6.75. The summed E-state index contributed by atoms with van der Waals surface area (Å²) in [5, 5.41) is 0.920. The first-order valence-corrected chi connectivity index (χ1v) is 9.16. The van der Waals surface area contributed by atoms with Gasteiger partial charge in [0.2, 0.25) is 0 Å². The summed E-state index contributed by atoms with van der Waals surface area (Å²) in [5.41, 5.74) is 6.75. The predicted octanol–water partition coefficient (Wildman–Crippen LogP) is 5.81. The summed E-state index contributed by atoms with van der Waals surface area (Å²) in [4.78, 5) is 0.975. The molecule has 0 N–H and O–H groups in total. The fourth-order valence-corrected chi connectivity index (χ4v) is 3.46. The fourth-order valence-electron chi connectivity index (χ4n) is 2.59. The third kappa shape index (κ3) is 4.30. The van der Waals surface area contributed by atoms with Crippen molar-refractivity contribution in [1.29, 1.82) is 0 Å². The van der Waals surface area contributed by atoms with E-state index in [4.69, 9.17) is 4.74 Å². The zero-order chi connectivity index (χ0) is 16.1. The minimum atomic E-state index is 0.742. The summed E-state index contributed by atoms with van der Waals surface area (Å²) in [5.74, 6) is 0.959. The molecule has 0 aliphatic rings. The van der Waals surface area contributed by atoms with Crippen LogP contribution in [0.25, 0.3) is 0 Å². The van der Waals surface area contributed by atoms with Gasteiger partial charge in [0.1, 0.15) is 5.75 Å². The molecule has 22 heavy (non-hydrogen) atoms. The van der Waals surface area contributed by atoms with Crippen molar-refractivity contribution in [3.8, 4) is 5.75 Å². The highest BCUT2D eigenvalue weighted by Gasteiger charge is 2.06. The Balaban J connectivity index is 1.90. The van der Waals surface area contributed by atoms with Crippen LogP contribution in [-0.2, 0) is 11.8 Å². The lowest BCUT2D eigenvalue weighted by Crippen LogP contribution is -2.03. The van der Waals surface area contributed by atoms with E-state index in [1.807, 2.05) is 18.2 Å². The molecule has 2 aromatic rings. The average Bonchev–Trinajstić information content (AvgIpc) is 2.49. The number of hydrogen-bond acceptors (Lipinski definition) is 2. The fraction of sp³-hybridized carbons (Fsp3) is 0.368. The number of alkyl halides is 1. The van der Waals surface area contributed by atoms with Gasteiger partial charge < -0.3 is 4.74 Å². The quantitative estimate of drug-likeness (QED) is 0.379. The zero-order valence-corrected chi connectivity index (χ0v) is 15.9. The summed E-state index contributed by atoms with van der Waals surface area (Å²) in [7, 11) is 0. The molecular formula is C19H23BrOS. The smallest absolute Gasteiger partial charge is 0.122 e. The largest absolute Gasteiger partial charge is 0.493 e. The Morgan fingerprint density at radius 3 is 2.36 bits per heavy atom. The Bertz CT molecular complexity index is 652. The van der Waals surface area contributed by atoms with Crippen molar-refractivity contribution in [3.63, 3.8) is 0 Å². The molecule has 0 aromatic heterocycles. The van der Waals surface area contributed by atoms with Crippen LogP contribution in [0, 0.1) is 20.8 Å². The summed E-state index contributed by atoms with van der Waals surface area (Å²) >= 11 is 7.88. The maximum Gasteiger partial charge on any atom is 0.122 e. The van der Waals surface area contributed by atoms with Crippen molar-refractivity contribution < 1.29 is 4.74 Å². The van der Waals surface area contributed by atoms with Gasteiger partial charge in [0.15, 0.2) is 0 Å². The maximum atomic E-state index is 5.89. The molecular weight excluding hydrogens is 356 g/mol. The van der Waals surface area contributed by atoms with Gasteiger partial charge in [0, 0.05) is 10.2 Å². The standard InChI is InChI=1S/C19H23BrOS/c1-13-11-18(22)8-9-19(13)21-10-4-5-16-6-7-17(12-20)15(3)14(16)2/h6-9,11,22H,4-5,10,12H2,1-3H3. The molecule has 0 unspecified atom stereocenters.